The minimum absolute atomic E-state index is 0.0582. The molecule has 2 amide bonds. The summed E-state index contributed by atoms with van der Waals surface area (Å²) >= 11 is 0. The van der Waals surface area contributed by atoms with Gasteiger partial charge in [0.25, 0.3) is 11.8 Å². The van der Waals surface area contributed by atoms with Gasteiger partial charge in [0.1, 0.15) is 5.75 Å². The zero-order valence-electron chi connectivity index (χ0n) is 33.3. The van der Waals surface area contributed by atoms with Crippen molar-refractivity contribution >= 4 is 36.4 Å². The van der Waals surface area contributed by atoms with Crippen molar-refractivity contribution < 1.29 is 24.2 Å². The van der Waals surface area contributed by atoms with Crippen LogP contribution in [0.25, 0.3) is 0 Å². The number of aryl methyl sites for hydroxylation is 1. The van der Waals surface area contributed by atoms with Crippen molar-refractivity contribution in [3.05, 3.63) is 168 Å². The van der Waals surface area contributed by atoms with Crippen molar-refractivity contribution in [1.82, 2.24) is 15.0 Å². The lowest BCUT2D eigenvalue weighted by molar-refractivity contribution is -0.146. The highest BCUT2D eigenvalue weighted by molar-refractivity contribution is 6.91. The molecule has 2 aliphatic heterocycles. The van der Waals surface area contributed by atoms with Gasteiger partial charge in [-0.3, -0.25) is 14.3 Å². The lowest BCUT2D eigenvalue weighted by Crippen LogP contribution is -2.51. The summed E-state index contributed by atoms with van der Waals surface area (Å²) < 4.78 is 14.7. The monoisotopic (exact) mass is 791 g/mol. The number of aliphatic hydroxyl groups is 1. The van der Waals surface area contributed by atoms with Gasteiger partial charge >= 0.3 is 0 Å². The van der Waals surface area contributed by atoms with Crippen LogP contribution < -0.4 is 20.1 Å². The Morgan fingerprint density at radius 3 is 2.28 bits per heavy atom. The highest BCUT2D eigenvalue weighted by atomic mass is 28.3. The summed E-state index contributed by atoms with van der Waals surface area (Å²) in [6.45, 7) is 7.77. The van der Waals surface area contributed by atoms with E-state index in [2.05, 4.69) is 53.8 Å². The topological polar surface area (TPSA) is 119 Å². The lowest BCUT2D eigenvalue weighted by atomic mass is 9.82. The van der Waals surface area contributed by atoms with Crippen LogP contribution in [0, 0.1) is 5.92 Å². The summed E-state index contributed by atoms with van der Waals surface area (Å²) in [5.41, 5.74) is 4.49. The quantitative estimate of drug-likeness (QED) is 0.116. The van der Waals surface area contributed by atoms with Crippen LogP contribution >= 0.6 is 0 Å². The zero-order valence-corrected chi connectivity index (χ0v) is 34.3. The molecule has 296 valence electrons. The summed E-state index contributed by atoms with van der Waals surface area (Å²) in [5, 5.41) is 23.5. The summed E-state index contributed by atoms with van der Waals surface area (Å²) in [5.74, 6) is 0.128. The number of aromatic nitrogens is 3. The Labute approximate surface area is 340 Å². The van der Waals surface area contributed by atoms with Crippen molar-refractivity contribution in [2.45, 2.75) is 62.7 Å². The van der Waals surface area contributed by atoms with Crippen LogP contribution in [0.4, 0.5) is 11.4 Å². The molecule has 0 saturated carbocycles. The van der Waals surface area contributed by atoms with Crippen molar-refractivity contribution in [2.24, 2.45) is 5.92 Å². The molecule has 5 aromatic carbocycles. The number of hydrogen-bond donors (Lipinski definition) is 2. The van der Waals surface area contributed by atoms with E-state index in [1.165, 1.54) is 5.19 Å². The maximum atomic E-state index is 15.2. The van der Waals surface area contributed by atoms with E-state index < -0.39 is 13.7 Å². The van der Waals surface area contributed by atoms with Gasteiger partial charge < -0.3 is 24.8 Å². The molecule has 1 spiro atoms. The average Bonchev–Trinajstić information content (AvgIpc) is 3.92. The SMILES string of the molecule is COc1ccc([Si](C)(C)[C@@H]2[C@@H](CCn3cc(C(CO)c4ccccc4)nn3)O[C@]3(C(=O)N(Cc4ccc(NC(=O)c5ccccc5)cc4)c4ccccc43)[C@H]2C)cc1. The van der Waals surface area contributed by atoms with Gasteiger partial charge in [-0.25, -0.2) is 0 Å². The van der Waals surface area contributed by atoms with Gasteiger partial charge in [0.05, 0.1) is 51.7 Å². The summed E-state index contributed by atoms with van der Waals surface area (Å²) in [4.78, 5) is 29.9. The molecule has 2 aliphatic rings. The predicted octanol–water partition coefficient (Wildman–Crippen LogP) is 7.52. The Hall–Kier alpha value is -5.88. The number of methoxy groups -OCH3 is 1. The normalized spacial score (nSPS) is 20.6. The molecule has 0 aliphatic carbocycles. The number of nitrogens with one attached hydrogen (secondary N) is 1. The second kappa shape index (κ2) is 16.2. The highest BCUT2D eigenvalue weighted by Gasteiger charge is 2.66. The minimum atomic E-state index is -2.36. The minimum Gasteiger partial charge on any atom is -0.497 e. The van der Waals surface area contributed by atoms with E-state index in [0.29, 0.717) is 36.5 Å². The third-order valence-electron chi connectivity index (χ3n) is 12.3. The van der Waals surface area contributed by atoms with E-state index in [1.807, 2.05) is 119 Å². The van der Waals surface area contributed by atoms with Gasteiger partial charge in [-0.1, -0.05) is 121 Å². The standard InChI is InChI=1S/C47H49N5O5Si/c1-32-44(58(3,4)38-25-23-37(56-2)24-26-38)43(27-28-51-30-41(49-50-51)39(31-53)34-13-7-5-8-14-34)57-47(32)40-17-11-12-18-42(40)52(46(47)55)29-33-19-21-36(22-20-33)48-45(54)35-15-9-6-10-16-35/h5-26,30,32,39,43-44,53H,27-29,31H2,1-4H3,(H,48,54)/t32-,39?,43+,44-,47+/m0/s1. The van der Waals surface area contributed by atoms with Gasteiger partial charge in [-0.05, 0) is 65.6 Å². The number of ether oxygens (including phenoxy) is 2. The molecule has 2 N–H and O–H groups in total. The molecule has 6 aromatic rings. The van der Waals surface area contributed by atoms with Gasteiger partial charge in [0.2, 0.25) is 0 Å². The molecule has 1 fully saturated rings. The van der Waals surface area contributed by atoms with E-state index in [9.17, 15) is 9.90 Å². The van der Waals surface area contributed by atoms with Crippen LogP contribution in [0.5, 0.6) is 5.75 Å². The molecule has 0 radical (unpaired) electrons. The maximum Gasteiger partial charge on any atom is 0.264 e. The Bertz CT molecular complexity index is 2370. The van der Waals surface area contributed by atoms with Gasteiger partial charge in [0.15, 0.2) is 5.60 Å². The second-order valence-electron chi connectivity index (χ2n) is 15.9. The van der Waals surface area contributed by atoms with E-state index in [4.69, 9.17) is 9.47 Å². The van der Waals surface area contributed by atoms with Crippen LogP contribution in [-0.4, -0.2) is 59.8 Å². The number of benzene rings is 5. The summed E-state index contributed by atoms with van der Waals surface area (Å²) in [6.07, 6.45) is 2.27. The van der Waals surface area contributed by atoms with Crippen molar-refractivity contribution in [1.29, 1.82) is 0 Å². The first-order valence-corrected chi connectivity index (χ1v) is 23.0. The first kappa shape index (κ1) is 39.0. The van der Waals surface area contributed by atoms with E-state index in [0.717, 1.165) is 28.1 Å². The van der Waals surface area contributed by atoms with Crippen LogP contribution in [0.3, 0.4) is 0 Å². The van der Waals surface area contributed by atoms with E-state index in [1.54, 1.807) is 19.2 Å². The number of amides is 2. The van der Waals surface area contributed by atoms with Crippen LogP contribution in [0.1, 0.15) is 52.0 Å². The van der Waals surface area contributed by atoms with Crippen molar-refractivity contribution in [3.8, 4) is 5.75 Å². The number of rotatable bonds is 13. The molecule has 10 nitrogen and oxygen atoms in total. The van der Waals surface area contributed by atoms with Crippen molar-refractivity contribution in [3.63, 3.8) is 0 Å². The summed E-state index contributed by atoms with van der Waals surface area (Å²) in [6, 6.07) is 43.1. The molecule has 1 saturated heterocycles. The molecule has 11 heteroatoms. The number of nitrogens with zero attached hydrogens (tertiary/aromatic N) is 4. The maximum absolute atomic E-state index is 15.2. The van der Waals surface area contributed by atoms with Gasteiger partial charge in [-0.15, -0.1) is 5.10 Å². The first-order chi connectivity index (χ1) is 28.1. The number of fused-ring (bicyclic) bond motifs is 2. The van der Waals surface area contributed by atoms with E-state index >= 15 is 4.79 Å². The Morgan fingerprint density at radius 1 is 0.914 bits per heavy atom. The summed E-state index contributed by atoms with van der Waals surface area (Å²) in [7, 11) is -0.682. The number of hydrogen-bond acceptors (Lipinski definition) is 7. The third kappa shape index (κ3) is 7.14. The molecular formula is C47H49N5O5Si. The average molecular weight is 792 g/mol. The second-order valence-corrected chi connectivity index (χ2v) is 20.6. The fourth-order valence-corrected chi connectivity index (χ4v) is 13.3. The number of carbonyl (C=O) groups excluding carboxylic acids is 2. The molecule has 5 atom stereocenters. The largest absolute Gasteiger partial charge is 0.497 e. The highest BCUT2D eigenvalue weighted by Crippen LogP contribution is 2.60. The number of para-hydroxylation sites is 1. The molecular weight excluding hydrogens is 743 g/mol. The van der Waals surface area contributed by atoms with Gasteiger partial charge in [0, 0.05) is 35.5 Å². The Balaban J connectivity index is 1.09. The first-order valence-electron chi connectivity index (χ1n) is 19.9. The fourth-order valence-electron chi connectivity index (χ4n) is 9.26. The van der Waals surface area contributed by atoms with Crippen molar-refractivity contribution in [2.75, 3.05) is 23.9 Å². The number of carbonyl (C=O) groups is 2. The molecule has 0 bridgehead atoms. The van der Waals surface area contributed by atoms with Crippen LogP contribution in [0.2, 0.25) is 18.6 Å². The zero-order chi connectivity index (χ0) is 40.4. The molecule has 3 heterocycles. The van der Waals surface area contributed by atoms with E-state index in [-0.39, 0.29) is 41.9 Å². The van der Waals surface area contributed by atoms with Crippen LogP contribution in [-0.2, 0) is 28.2 Å². The number of anilines is 2. The Morgan fingerprint density at radius 2 is 1.59 bits per heavy atom. The third-order valence-corrected chi connectivity index (χ3v) is 16.6. The number of aliphatic hydroxyl groups excluding tert-OH is 1. The van der Waals surface area contributed by atoms with Crippen LogP contribution in [0.15, 0.2) is 140 Å². The predicted molar refractivity (Wildman–Crippen MR) is 228 cm³/mol. The molecule has 8 rings (SSSR count). The lowest BCUT2D eigenvalue weighted by Gasteiger charge is -2.37. The molecule has 58 heavy (non-hydrogen) atoms. The smallest absolute Gasteiger partial charge is 0.264 e. The molecule has 1 unspecified atom stereocenters. The van der Waals surface area contributed by atoms with Gasteiger partial charge in [-0.2, -0.15) is 0 Å². The Kier molecular flexibility index (Phi) is 10.9. The fraction of sp³-hybridized carbons (Fsp3) is 0.277. The molecule has 1 aromatic heterocycles.